The minimum Gasteiger partial charge on any atom is -0.368 e. The van der Waals surface area contributed by atoms with Crippen LogP contribution in [0.1, 0.15) is 26.7 Å². The number of aromatic nitrogens is 2. The molecule has 0 saturated heterocycles. The quantitative estimate of drug-likeness (QED) is 0.809. The highest BCUT2D eigenvalue weighted by molar-refractivity contribution is 8.00. The van der Waals surface area contributed by atoms with Crippen LogP contribution in [0.5, 0.6) is 0 Å². The third kappa shape index (κ3) is 3.40. The van der Waals surface area contributed by atoms with E-state index in [4.69, 9.17) is 0 Å². The van der Waals surface area contributed by atoms with E-state index < -0.39 is 0 Å². The van der Waals surface area contributed by atoms with Crippen LogP contribution in [0.25, 0.3) is 10.9 Å². The fourth-order valence-electron chi connectivity index (χ4n) is 2.43. The van der Waals surface area contributed by atoms with Crippen molar-refractivity contribution >= 4 is 34.4 Å². The molecule has 0 fully saturated rings. The van der Waals surface area contributed by atoms with Crippen molar-refractivity contribution in [3.63, 3.8) is 0 Å². The number of thioether (sulfide) groups is 1. The van der Waals surface area contributed by atoms with Gasteiger partial charge < -0.3 is 10.6 Å². The van der Waals surface area contributed by atoms with E-state index in [1.807, 2.05) is 37.0 Å². The van der Waals surface area contributed by atoms with Crippen LogP contribution in [0.3, 0.4) is 0 Å². The number of anilines is 2. The molecule has 0 saturated carbocycles. The van der Waals surface area contributed by atoms with Crippen molar-refractivity contribution in [1.29, 1.82) is 0 Å². The first-order valence-electron chi connectivity index (χ1n) is 7.41. The van der Waals surface area contributed by atoms with Gasteiger partial charge in [-0.05, 0) is 31.2 Å². The van der Waals surface area contributed by atoms with Crippen molar-refractivity contribution in [1.82, 2.24) is 9.97 Å². The maximum Gasteiger partial charge on any atom is 0.224 e. The number of hydrogen-bond donors (Lipinski definition) is 2. The fourth-order valence-corrected chi connectivity index (χ4v) is 3.22. The van der Waals surface area contributed by atoms with E-state index in [1.165, 1.54) is 0 Å². The van der Waals surface area contributed by atoms with E-state index in [1.54, 1.807) is 0 Å². The van der Waals surface area contributed by atoms with E-state index in [-0.39, 0.29) is 4.75 Å². The topological polar surface area (TPSA) is 49.8 Å². The zero-order valence-electron chi connectivity index (χ0n) is 13.2. The number of nitrogens with zero attached hydrogens (tertiary/aromatic N) is 2. The summed E-state index contributed by atoms with van der Waals surface area (Å²) in [4.78, 5) is 9.07. The summed E-state index contributed by atoms with van der Waals surface area (Å²) < 4.78 is 0.256. The van der Waals surface area contributed by atoms with Crippen molar-refractivity contribution < 1.29 is 0 Å². The summed E-state index contributed by atoms with van der Waals surface area (Å²) in [5.41, 5.74) is 0.960. The molecule has 1 aromatic heterocycles. The van der Waals surface area contributed by atoms with Crippen molar-refractivity contribution in [3.05, 3.63) is 24.3 Å². The Morgan fingerprint density at radius 1 is 1.14 bits per heavy atom. The second kappa shape index (κ2) is 6.98. The van der Waals surface area contributed by atoms with E-state index in [0.29, 0.717) is 5.95 Å². The van der Waals surface area contributed by atoms with Gasteiger partial charge in [-0.25, -0.2) is 4.98 Å². The molecule has 0 atom stereocenters. The highest BCUT2D eigenvalue weighted by Crippen LogP contribution is 2.31. The van der Waals surface area contributed by atoms with Crippen LogP contribution in [-0.4, -0.2) is 34.6 Å². The number of para-hydroxylation sites is 1. The average Bonchev–Trinajstić information content (AvgIpc) is 2.56. The zero-order chi connectivity index (χ0) is 15.3. The van der Waals surface area contributed by atoms with Gasteiger partial charge in [0, 0.05) is 23.7 Å². The van der Waals surface area contributed by atoms with E-state index in [2.05, 4.69) is 46.8 Å². The molecule has 0 aliphatic heterocycles. The lowest BCUT2D eigenvalue weighted by Crippen LogP contribution is -2.32. The summed E-state index contributed by atoms with van der Waals surface area (Å²) in [7, 11) is 1.85. The zero-order valence-corrected chi connectivity index (χ0v) is 14.0. The van der Waals surface area contributed by atoms with Gasteiger partial charge in [-0.1, -0.05) is 26.0 Å². The first kappa shape index (κ1) is 15.9. The highest BCUT2D eigenvalue weighted by atomic mass is 32.2. The third-order valence-electron chi connectivity index (χ3n) is 4.13. The van der Waals surface area contributed by atoms with Gasteiger partial charge in [-0.15, -0.1) is 0 Å². The van der Waals surface area contributed by atoms with Gasteiger partial charge in [-0.3, -0.25) is 0 Å². The monoisotopic (exact) mass is 304 g/mol. The number of rotatable bonds is 7. The Morgan fingerprint density at radius 2 is 1.86 bits per heavy atom. The van der Waals surface area contributed by atoms with Crippen molar-refractivity contribution in [3.8, 4) is 0 Å². The first-order valence-corrected chi connectivity index (χ1v) is 8.64. The van der Waals surface area contributed by atoms with Gasteiger partial charge in [-0.2, -0.15) is 16.7 Å². The summed E-state index contributed by atoms with van der Waals surface area (Å²) in [5, 5.41) is 7.64. The van der Waals surface area contributed by atoms with E-state index >= 15 is 0 Å². The van der Waals surface area contributed by atoms with Crippen LogP contribution >= 0.6 is 11.8 Å². The first-order chi connectivity index (χ1) is 10.2. The molecule has 21 heavy (non-hydrogen) atoms. The van der Waals surface area contributed by atoms with Crippen LogP contribution in [-0.2, 0) is 0 Å². The predicted molar refractivity (Wildman–Crippen MR) is 94.4 cm³/mol. The smallest absolute Gasteiger partial charge is 0.224 e. The number of fused-ring (bicyclic) bond motifs is 1. The Labute approximate surface area is 131 Å². The van der Waals surface area contributed by atoms with Gasteiger partial charge >= 0.3 is 0 Å². The predicted octanol–water partition coefficient (Wildman–Crippen LogP) is 4.01. The maximum absolute atomic E-state index is 4.58. The number of hydrogen-bond acceptors (Lipinski definition) is 5. The Kier molecular flexibility index (Phi) is 5.28. The molecule has 0 bridgehead atoms. The lowest BCUT2D eigenvalue weighted by Gasteiger charge is -2.30. The molecule has 2 rings (SSSR count). The molecule has 114 valence electrons. The second-order valence-corrected chi connectivity index (χ2v) is 6.39. The molecule has 2 aromatic rings. The van der Waals surface area contributed by atoms with Crippen LogP contribution in [0.2, 0.25) is 0 Å². The molecule has 0 unspecified atom stereocenters. The summed E-state index contributed by atoms with van der Waals surface area (Å²) >= 11 is 1.93. The normalized spacial score (nSPS) is 11.6. The standard InChI is InChI=1S/C16H24N4S/c1-5-16(6-2,21-4)11-18-14-12-9-7-8-10-13(12)19-15(17-3)20-14/h7-10H,5-6,11H2,1-4H3,(H2,17,18,19,20). The van der Waals surface area contributed by atoms with Gasteiger partial charge in [0.25, 0.3) is 0 Å². The highest BCUT2D eigenvalue weighted by Gasteiger charge is 2.25. The van der Waals surface area contributed by atoms with Crippen molar-refractivity contribution in [2.45, 2.75) is 31.4 Å². The van der Waals surface area contributed by atoms with Crippen molar-refractivity contribution in [2.75, 3.05) is 30.5 Å². The molecule has 0 radical (unpaired) electrons. The largest absolute Gasteiger partial charge is 0.368 e. The second-order valence-electron chi connectivity index (χ2n) is 5.11. The SMILES string of the molecule is CCC(CC)(CNc1nc(NC)nc2ccccc12)SC. The molecule has 1 heterocycles. The van der Waals surface area contributed by atoms with Crippen LogP contribution in [0, 0.1) is 0 Å². The van der Waals surface area contributed by atoms with Gasteiger partial charge in [0.15, 0.2) is 0 Å². The minimum atomic E-state index is 0.256. The van der Waals surface area contributed by atoms with Crippen molar-refractivity contribution in [2.24, 2.45) is 0 Å². The molecule has 2 N–H and O–H groups in total. The maximum atomic E-state index is 4.58. The van der Waals surface area contributed by atoms with Crippen LogP contribution < -0.4 is 10.6 Å². The molecule has 0 aliphatic carbocycles. The molecule has 0 amide bonds. The van der Waals surface area contributed by atoms with E-state index in [9.17, 15) is 0 Å². The Morgan fingerprint density at radius 3 is 2.48 bits per heavy atom. The molecule has 1 aromatic carbocycles. The Bertz CT molecular complexity index is 588. The average molecular weight is 304 g/mol. The summed E-state index contributed by atoms with van der Waals surface area (Å²) in [6.07, 6.45) is 4.46. The Hall–Kier alpha value is -1.49. The van der Waals surface area contributed by atoms with Gasteiger partial charge in [0.05, 0.1) is 5.52 Å². The fraction of sp³-hybridized carbons (Fsp3) is 0.500. The molecule has 4 nitrogen and oxygen atoms in total. The lowest BCUT2D eigenvalue weighted by molar-refractivity contribution is 0.574. The minimum absolute atomic E-state index is 0.256. The Balaban J connectivity index is 2.33. The number of benzene rings is 1. The van der Waals surface area contributed by atoms with Gasteiger partial charge in [0.1, 0.15) is 5.82 Å². The molecule has 5 heteroatoms. The lowest BCUT2D eigenvalue weighted by atomic mass is 10.0. The summed E-state index contributed by atoms with van der Waals surface area (Å²) in [6.45, 7) is 5.41. The van der Waals surface area contributed by atoms with Gasteiger partial charge in [0.2, 0.25) is 5.95 Å². The molecular weight excluding hydrogens is 280 g/mol. The van der Waals surface area contributed by atoms with E-state index in [0.717, 1.165) is 36.1 Å². The van der Waals surface area contributed by atoms with Crippen LogP contribution in [0.15, 0.2) is 24.3 Å². The summed E-state index contributed by atoms with van der Waals surface area (Å²) in [6, 6.07) is 8.11. The number of nitrogens with one attached hydrogen (secondary N) is 2. The molecule has 0 aliphatic rings. The molecular formula is C16H24N4S. The molecule has 0 spiro atoms. The summed E-state index contributed by atoms with van der Waals surface area (Å²) in [5.74, 6) is 1.56. The third-order valence-corrected chi connectivity index (χ3v) is 5.71. The van der Waals surface area contributed by atoms with Crippen LogP contribution in [0.4, 0.5) is 11.8 Å².